The molecule has 0 fully saturated rings. The van der Waals surface area contributed by atoms with Gasteiger partial charge in [0.05, 0.1) is 39.9 Å². The molecular formula is C63H111N2O6P. The standard InChI is InChI=1S/C63H111N2O6P/c1-6-8-10-12-14-16-18-20-22-24-25-26-27-28-29-30-31-32-33-34-35-36-37-38-39-41-43-45-47-49-51-53-55-57-63(67)64-61(60-71-72(68,69)70-59-58-65(3,4)5)62(66)56-54-52-50-48-46-44-42-40-23-21-19-17-15-13-11-9-7-2/h8,10,14,16,20,22,25-26,28-29,31-32,34-35,37-38,54,56,61-62,66H,6-7,9,11-13,15,17-19,21,23-24,27,30,33,36,39-53,55,57-60H2,1-5H3,(H-,64,67,68,69)/b10-8-,16-14-,22-20-,26-25-,29-28-,32-31-,35-34-,38-37-,56-54+. The molecule has 3 atom stereocenters. The van der Waals surface area contributed by atoms with E-state index in [0.717, 1.165) is 103 Å². The fraction of sp³-hybridized carbons (Fsp3) is 0.698. The van der Waals surface area contributed by atoms with E-state index in [9.17, 15) is 19.4 Å². The number of carbonyl (C=O) groups excluding carboxylic acids is 1. The molecule has 1 amide bonds. The van der Waals surface area contributed by atoms with Gasteiger partial charge in [0.2, 0.25) is 5.91 Å². The number of hydrogen-bond donors (Lipinski definition) is 2. The average Bonchev–Trinajstić information content (AvgIpc) is 3.34. The number of nitrogens with zero attached hydrogens (tertiary/aromatic N) is 1. The third-order valence-electron chi connectivity index (χ3n) is 12.5. The molecule has 0 rings (SSSR count). The fourth-order valence-corrected chi connectivity index (χ4v) is 8.66. The molecule has 72 heavy (non-hydrogen) atoms. The molecule has 0 spiro atoms. The van der Waals surface area contributed by atoms with Crippen LogP contribution in [0, 0.1) is 0 Å². The molecule has 0 saturated carbocycles. The third-order valence-corrected chi connectivity index (χ3v) is 13.5. The number of phosphoric acid groups is 1. The van der Waals surface area contributed by atoms with Crippen LogP contribution in [0.5, 0.6) is 0 Å². The van der Waals surface area contributed by atoms with E-state index in [1.165, 1.54) is 109 Å². The van der Waals surface area contributed by atoms with Crippen molar-refractivity contribution in [2.75, 3.05) is 40.9 Å². The van der Waals surface area contributed by atoms with Crippen LogP contribution in [0.3, 0.4) is 0 Å². The molecule has 0 aromatic carbocycles. The number of rotatable bonds is 52. The number of likely N-dealkylation sites (N-methyl/N-ethyl adjacent to an activating group) is 1. The largest absolute Gasteiger partial charge is 0.756 e. The summed E-state index contributed by atoms with van der Waals surface area (Å²) >= 11 is 0. The molecule has 2 N–H and O–H groups in total. The third kappa shape index (κ3) is 54.9. The molecule has 0 aliphatic heterocycles. The lowest BCUT2D eigenvalue weighted by Gasteiger charge is -2.29. The van der Waals surface area contributed by atoms with E-state index >= 15 is 0 Å². The topological polar surface area (TPSA) is 108 Å². The normalized spacial score (nSPS) is 14.7. The van der Waals surface area contributed by atoms with E-state index in [1.807, 2.05) is 27.2 Å². The number of nitrogens with one attached hydrogen (secondary N) is 1. The number of allylic oxidation sites excluding steroid dienone is 17. The van der Waals surface area contributed by atoms with Gasteiger partial charge in [-0.1, -0.05) is 252 Å². The Kier molecular flexibility index (Phi) is 50.9. The SMILES string of the molecule is CC/C=C\C/C=C\C/C=C\C/C=C\C/C=C\C/C=C\C/C=C\C/C=C\CCCCCCCCCCC(=O)NC(COP(=O)([O-])OCC[N+](C)(C)C)C(O)/C=C/CCCCCCCCCCCCCCCCC. The van der Waals surface area contributed by atoms with Gasteiger partial charge in [-0.05, 0) is 83.5 Å². The van der Waals surface area contributed by atoms with E-state index in [4.69, 9.17) is 9.05 Å². The molecule has 9 heteroatoms. The van der Waals surface area contributed by atoms with Crippen LogP contribution < -0.4 is 10.2 Å². The second-order valence-electron chi connectivity index (χ2n) is 20.6. The average molecular weight is 1020 g/mol. The first-order valence-electron chi connectivity index (χ1n) is 29.2. The van der Waals surface area contributed by atoms with E-state index in [0.29, 0.717) is 17.4 Å². The summed E-state index contributed by atoms with van der Waals surface area (Å²) in [6.45, 7) is 4.53. The summed E-state index contributed by atoms with van der Waals surface area (Å²) in [7, 11) is 1.24. The fourth-order valence-electron chi connectivity index (χ4n) is 7.93. The minimum atomic E-state index is -4.61. The van der Waals surface area contributed by atoms with Gasteiger partial charge >= 0.3 is 0 Å². The zero-order chi connectivity index (χ0) is 52.7. The Bertz CT molecular complexity index is 1540. The summed E-state index contributed by atoms with van der Waals surface area (Å²) in [6, 6.07) is -0.899. The van der Waals surface area contributed by atoms with Crippen molar-refractivity contribution in [1.82, 2.24) is 5.32 Å². The number of carbonyl (C=O) groups is 1. The lowest BCUT2D eigenvalue weighted by Crippen LogP contribution is -2.45. The minimum absolute atomic E-state index is 0.00784. The summed E-state index contributed by atoms with van der Waals surface area (Å²) in [5.74, 6) is -0.210. The first kappa shape index (κ1) is 69.2. The molecule has 0 aliphatic carbocycles. The first-order chi connectivity index (χ1) is 35.0. The molecule has 414 valence electrons. The highest BCUT2D eigenvalue weighted by molar-refractivity contribution is 7.45. The van der Waals surface area contributed by atoms with Gasteiger partial charge in [-0.3, -0.25) is 9.36 Å². The van der Waals surface area contributed by atoms with Crippen LogP contribution in [0.4, 0.5) is 0 Å². The minimum Gasteiger partial charge on any atom is -0.756 e. The predicted molar refractivity (Wildman–Crippen MR) is 311 cm³/mol. The second-order valence-corrected chi connectivity index (χ2v) is 22.0. The number of aliphatic hydroxyl groups excluding tert-OH is 1. The summed E-state index contributed by atoms with van der Waals surface area (Å²) in [5.41, 5.74) is 0. The molecule has 0 heterocycles. The monoisotopic (exact) mass is 1020 g/mol. The predicted octanol–water partition coefficient (Wildman–Crippen LogP) is 17.3. The number of quaternary nitrogens is 1. The van der Waals surface area contributed by atoms with Crippen molar-refractivity contribution in [2.45, 2.75) is 244 Å². The highest BCUT2D eigenvalue weighted by Crippen LogP contribution is 2.38. The number of phosphoric ester groups is 1. The van der Waals surface area contributed by atoms with Crippen molar-refractivity contribution >= 4 is 13.7 Å². The van der Waals surface area contributed by atoms with Crippen LogP contribution in [0.15, 0.2) is 109 Å². The maximum Gasteiger partial charge on any atom is 0.268 e. The summed E-state index contributed by atoms with van der Waals surface area (Å²) in [6.07, 6.45) is 77.3. The quantitative estimate of drug-likeness (QED) is 0.0272. The lowest BCUT2D eigenvalue weighted by molar-refractivity contribution is -0.870. The molecule has 8 nitrogen and oxygen atoms in total. The zero-order valence-corrected chi connectivity index (χ0v) is 48.0. The summed E-state index contributed by atoms with van der Waals surface area (Å²) < 4.78 is 23.3. The summed E-state index contributed by atoms with van der Waals surface area (Å²) in [4.78, 5) is 25.5. The molecule has 0 saturated heterocycles. The van der Waals surface area contributed by atoms with Crippen LogP contribution >= 0.6 is 7.82 Å². The van der Waals surface area contributed by atoms with Gasteiger partial charge in [-0.15, -0.1) is 0 Å². The van der Waals surface area contributed by atoms with E-state index < -0.39 is 20.0 Å². The summed E-state index contributed by atoms with van der Waals surface area (Å²) in [5, 5.41) is 13.9. The number of unbranched alkanes of at least 4 members (excludes halogenated alkanes) is 23. The van der Waals surface area contributed by atoms with E-state index in [2.05, 4.69) is 116 Å². The highest BCUT2D eigenvalue weighted by Gasteiger charge is 2.23. The molecule has 3 unspecified atom stereocenters. The zero-order valence-electron chi connectivity index (χ0n) is 47.1. The number of hydrogen-bond acceptors (Lipinski definition) is 6. The van der Waals surface area contributed by atoms with Gasteiger partial charge < -0.3 is 28.8 Å². The van der Waals surface area contributed by atoms with Crippen LogP contribution in [0.2, 0.25) is 0 Å². The van der Waals surface area contributed by atoms with Crippen molar-refractivity contribution in [2.24, 2.45) is 0 Å². The Hall–Kier alpha value is -2.84. The van der Waals surface area contributed by atoms with Crippen LogP contribution in [-0.2, 0) is 18.4 Å². The first-order valence-corrected chi connectivity index (χ1v) is 30.7. The van der Waals surface area contributed by atoms with Gasteiger partial charge in [-0.2, -0.15) is 0 Å². The molecule has 0 aromatic rings. The van der Waals surface area contributed by atoms with Gasteiger partial charge in [0.25, 0.3) is 7.82 Å². The molecule has 0 bridgehead atoms. The van der Waals surface area contributed by atoms with Crippen molar-refractivity contribution in [3.63, 3.8) is 0 Å². The number of amides is 1. The molecule has 0 aliphatic rings. The van der Waals surface area contributed by atoms with Gasteiger partial charge in [0.1, 0.15) is 13.2 Å². The van der Waals surface area contributed by atoms with Crippen molar-refractivity contribution < 1.29 is 32.9 Å². The second kappa shape index (κ2) is 53.0. The van der Waals surface area contributed by atoms with Gasteiger partial charge in [0, 0.05) is 6.42 Å². The maximum atomic E-state index is 13.0. The molecule has 0 aromatic heterocycles. The Morgan fingerprint density at radius 1 is 0.500 bits per heavy atom. The van der Waals surface area contributed by atoms with Crippen molar-refractivity contribution in [3.05, 3.63) is 109 Å². The molecular weight excluding hydrogens is 912 g/mol. The maximum absolute atomic E-state index is 13.0. The van der Waals surface area contributed by atoms with Crippen LogP contribution in [-0.4, -0.2) is 68.5 Å². The Labute approximate surface area is 444 Å². The molecule has 0 radical (unpaired) electrons. The smallest absolute Gasteiger partial charge is 0.268 e. The van der Waals surface area contributed by atoms with Gasteiger partial charge in [0.15, 0.2) is 0 Å². The van der Waals surface area contributed by atoms with E-state index in [1.54, 1.807) is 6.08 Å². The lowest BCUT2D eigenvalue weighted by atomic mass is 10.0. The van der Waals surface area contributed by atoms with Crippen LogP contribution in [0.1, 0.15) is 232 Å². The Morgan fingerprint density at radius 3 is 1.24 bits per heavy atom. The highest BCUT2D eigenvalue weighted by atomic mass is 31.2. The van der Waals surface area contributed by atoms with Crippen molar-refractivity contribution in [1.29, 1.82) is 0 Å². The van der Waals surface area contributed by atoms with Gasteiger partial charge in [-0.25, -0.2) is 0 Å². The Balaban J connectivity index is 4.22. The van der Waals surface area contributed by atoms with Crippen molar-refractivity contribution in [3.8, 4) is 0 Å². The van der Waals surface area contributed by atoms with Crippen LogP contribution in [0.25, 0.3) is 0 Å². The Morgan fingerprint density at radius 2 is 0.847 bits per heavy atom. The van der Waals surface area contributed by atoms with E-state index in [-0.39, 0.29) is 19.1 Å². The number of aliphatic hydroxyl groups is 1.